The number of nitrogen functional groups attached to an aromatic ring is 1. The van der Waals surface area contributed by atoms with Crippen molar-refractivity contribution in [1.29, 1.82) is 0 Å². The molecule has 3 N–H and O–H groups in total. The van der Waals surface area contributed by atoms with Gasteiger partial charge in [0.05, 0.1) is 6.26 Å². The van der Waals surface area contributed by atoms with Crippen LogP contribution in [0.1, 0.15) is 16.7 Å². The van der Waals surface area contributed by atoms with Crippen molar-refractivity contribution in [3.63, 3.8) is 0 Å². The highest BCUT2D eigenvalue weighted by Crippen LogP contribution is 2.19. The van der Waals surface area contributed by atoms with E-state index in [1.165, 1.54) is 11.1 Å². The SMILES string of the molecule is Cc1ccccc1CNCc1cnc(N)n2nc(-c3ccco3)nc12. The maximum absolute atomic E-state index is 5.93. The van der Waals surface area contributed by atoms with Gasteiger partial charge in [-0.1, -0.05) is 24.3 Å². The van der Waals surface area contributed by atoms with Crippen LogP contribution in [0.25, 0.3) is 17.2 Å². The number of hydrogen-bond donors (Lipinski definition) is 2. The van der Waals surface area contributed by atoms with Crippen LogP contribution in [0.3, 0.4) is 0 Å². The van der Waals surface area contributed by atoms with Gasteiger partial charge in [-0.25, -0.2) is 9.97 Å². The van der Waals surface area contributed by atoms with Crippen LogP contribution in [0.5, 0.6) is 0 Å². The van der Waals surface area contributed by atoms with Crippen molar-refractivity contribution in [1.82, 2.24) is 24.9 Å². The molecular weight excluding hydrogens is 316 g/mol. The van der Waals surface area contributed by atoms with Gasteiger partial charge in [0.15, 0.2) is 11.4 Å². The first-order chi connectivity index (χ1) is 12.2. The molecule has 7 nitrogen and oxygen atoms in total. The Morgan fingerprint density at radius 3 is 2.76 bits per heavy atom. The van der Waals surface area contributed by atoms with Crippen molar-refractivity contribution in [2.45, 2.75) is 20.0 Å². The van der Waals surface area contributed by atoms with Gasteiger partial charge < -0.3 is 15.5 Å². The van der Waals surface area contributed by atoms with E-state index < -0.39 is 0 Å². The molecule has 0 fully saturated rings. The molecule has 3 aromatic heterocycles. The highest BCUT2D eigenvalue weighted by Gasteiger charge is 2.14. The molecule has 25 heavy (non-hydrogen) atoms. The van der Waals surface area contributed by atoms with Gasteiger partial charge in [-0.3, -0.25) is 0 Å². The van der Waals surface area contributed by atoms with E-state index in [1.807, 2.05) is 18.2 Å². The lowest BCUT2D eigenvalue weighted by Gasteiger charge is -2.08. The van der Waals surface area contributed by atoms with Gasteiger partial charge in [0.2, 0.25) is 11.8 Å². The molecule has 0 radical (unpaired) electrons. The quantitative estimate of drug-likeness (QED) is 0.582. The molecule has 7 heteroatoms. The first kappa shape index (κ1) is 15.3. The van der Waals surface area contributed by atoms with Crippen LogP contribution in [-0.4, -0.2) is 19.6 Å². The predicted octanol–water partition coefficient (Wildman–Crippen LogP) is 2.56. The number of aryl methyl sites for hydroxylation is 1. The Morgan fingerprint density at radius 1 is 1.12 bits per heavy atom. The molecule has 0 aliphatic heterocycles. The van der Waals surface area contributed by atoms with Crippen LogP contribution < -0.4 is 11.1 Å². The van der Waals surface area contributed by atoms with Gasteiger partial charge in [-0.2, -0.15) is 4.52 Å². The number of anilines is 1. The Morgan fingerprint density at radius 2 is 1.96 bits per heavy atom. The van der Waals surface area contributed by atoms with Gasteiger partial charge in [-0.05, 0) is 30.2 Å². The molecule has 0 unspecified atom stereocenters. The van der Waals surface area contributed by atoms with E-state index in [0.717, 1.165) is 12.1 Å². The molecule has 4 aromatic rings. The smallest absolute Gasteiger partial charge is 0.223 e. The number of furan rings is 1. The molecule has 0 saturated carbocycles. The van der Waals surface area contributed by atoms with Gasteiger partial charge >= 0.3 is 0 Å². The monoisotopic (exact) mass is 334 g/mol. The van der Waals surface area contributed by atoms with Crippen molar-refractivity contribution in [2.24, 2.45) is 0 Å². The summed E-state index contributed by atoms with van der Waals surface area (Å²) in [7, 11) is 0. The maximum Gasteiger partial charge on any atom is 0.223 e. The first-order valence-electron chi connectivity index (χ1n) is 8.01. The Balaban J connectivity index is 1.59. The Bertz CT molecular complexity index is 1010. The number of fused-ring (bicyclic) bond motifs is 1. The average Bonchev–Trinajstić information content (AvgIpc) is 3.28. The van der Waals surface area contributed by atoms with E-state index in [1.54, 1.807) is 23.0 Å². The fourth-order valence-electron chi connectivity index (χ4n) is 2.71. The molecule has 0 atom stereocenters. The highest BCUT2D eigenvalue weighted by atomic mass is 16.3. The summed E-state index contributed by atoms with van der Waals surface area (Å²) in [6, 6.07) is 11.9. The number of nitrogens with one attached hydrogen (secondary N) is 1. The van der Waals surface area contributed by atoms with Crippen molar-refractivity contribution < 1.29 is 4.42 Å². The van der Waals surface area contributed by atoms with Crippen LogP contribution in [0, 0.1) is 6.92 Å². The third-order valence-corrected chi connectivity index (χ3v) is 4.10. The molecular formula is C18H18N6O. The number of rotatable bonds is 5. The van der Waals surface area contributed by atoms with Crippen molar-refractivity contribution >= 4 is 11.6 Å². The molecule has 4 rings (SSSR count). The normalized spacial score (nSPS) is 11.2. The lowest BCUT2D eigenvalue weighted by atomic mass is 10.1. The predicted molar refractivity (Wildman–Crippen MR) is 94.6 cm³/mol. The Kier molecular flexibility index (Phi) is 3.91. The zero-order valence-electron chi connectivity index (χ0n) is 13.8. The first-order valence-corrected chi connectivity index (χ1v) is 8.01. The summed E-state index contributed by atoms with van der Waals surface area (Å²) in [5.41, 5.74) is 10.1. The summed E-state index contributed by atoms with van der Waals surface area (Å²) < 4.78 is 6.91. The second-order valence-corrected chi connectivity index (χ2v) is 5.82. The summed E-state index contributed by atoms with van der Waals surface area (Å²) in [5.74, 6) is 1.38. The van der Waals surface area contributed by atoms with Gasteiger partial charge in [0.1, 0.15) is 0 Å². The van der Waals surface area contributed by atoms with Crippen LogP contribution in [0.2, 0.25) is 0 Å². The van der Waals surface area contributed by atoms with Crippen molar-refractivity contribution in [2.75, 3.05) is 5.73 Å². The topological polar surface area (TPSA) is 94.3 Å². The van der Waals surface area contributed by atoms with E-state index in [9.17, 15) is 0 Å². The third-order valence-electron chi connectivity index (χ3n) is 4.10. The van der Waals surface area contributed by atoms with Crippen molar-refractivity contribution in [3.05, 3.63) is 65.5 Å². The molecule has 0 bridgehead atoms. The van der Waals surface area contributed by atoms with E-state index in [2.05, 4.69) is 39.4 Å². The Hall–Kier alpha value is -3.19. The lowest BCUT2D eigenvalue weighted by Crippen LogP contribution is -2.15. The fourth-order valence-corrected chi connectivity index (χ4v) is 2.71. The minimum Gasteiger partial charge on any atom is -0.461 e. The zero-order chi connectivity index (χ0) is 17.2. The Labute approximate surface area is 144 Å². The molecule has 126 valence electrons. The molecule has 0 amide bonds. The minimum absolute atomic E-state index is 0.294. The van der Waals surface area contributed by atoms with Crippen LogP contribution >= 0.6 is 0 Å². The number of hydrogen-bond acceptors (Lipinski definition) is 6. The van der Waals surface area contributed by atoms with E-state index in [4.69, 9.17) is 10.2 Å². The van der Waals surface area contributed by atoms with Crippen LogP contribution in [-0.2, 0) is 13.1 Å². The van der Waals surface area contributed by atoms with Crippen LogP contribution in [0.15, 0.2) is 53.3 Å². The van der Waals surface area contributed by atoms with Gasteiger partial charge in [0, 0.05) is 24.8 Å². The van der Waals surface area contributed by atoms with Gasteiger partial charge in [-0.15, -0.1) is 5.10 Å². The van der Waals surface area contributed by atoms with Gasteiger partial charge in [0.25, 0.3) is 0 Å². The summed E-state index contributed by atoms with van der Waals surface area (Å²) in [4.78, 5) is 8.77. The van der Waals surface area contributed by atoms with Crippen molar-refractivity contribution in [3.8, 4) is 11.6 Å². The summed E-state index contributed by atoms with van der Waals surface area (Å²) in [5, 5.41) is 7.82. The average molecular weight is 334 g/mol. The summed E-state index contributed by atoms with van der Waals surface area (Å²) in [6.07, 6.45) is 3.32. The second-order valence-electron chi connectivity index (χ2n) is 5.82. The fraction of sp³-hybridized carbons (Fsp3) is 0.167. The third kappa shape index (κ3) is 2.97. The molecule has 0 saturated heterocycles. The number of benzene rings is 1. The van der Waals surface area contributed by atoms with E-state index >= 15 is 0 Å². The van der Waals surface area contributed by atoms with E-state index in [0.29, 0.717) is 29.7 Å². The number of nitrogens with zero attached hydrogens (tertiary/aromatic N) is 4. The van der Waals surface area contributed by atoms with E-state index in [-0.39, 0.29) is 0 Å². The van der Waals surface area contributed by atoms with Crippen LogP contribution in [0.4, 0.5) is 5.95 Å². The number of aromatic nitrogens is 4. The number of nitrogens with two attached hydrogens (primary N) is 1. The summed E-state index contributed by atoms with van der Waals surface area (Å²) in [6.45, 7) is 3.48. The molecule has 0 aliphatic rings. The molecule has 1 aromatic carbocycles. The maximum atomic E-state index is 5.93. The lowest BCUT2D eigenvalue weighted by molar-refractivity contribution is 0.577. The zero-order valence-corrected chi connectivity index (χ0v) is 13.8. The largest absolute Gasteiger partial charge is 0.461 e. The molecule has 3 heterocycles. The second kappa shape index (κ2) is 6.37. The molecule has 0 spiro atoms. The standard InChI is InChI=1S/C18H18N6O/c1-12-5-2-3-6-13(12)9-20-10-14-11-21-18(19)24-17(14)22-16(23-24)15-7-4-8-25-15/h2-8,11,20H,9-10H2,1H3,(H2,19,21). The highest BCUT2D eigenvalue weighted by molar-refractivity contribution is 5.57. The summed E-state index contributed by atoms with van der Waals surface area (Å²) >= 11 is 0. The molecule has 0 aliphatic carbocycles. The minimum atomic E-state index is 0.294.